The number of nitrogens with two attached hydrogens (primary N) is 1. The molecule has 0 aromatic carbocycles. The van der Waals surface area contributed by atoms with Gasteiger partial charge >= 0.3 is 0 Å². The van der Waals surface area contributed by atoms with E-state index in [1.165, 1.54) is 0 Å². The lowest BCUT2D eigenvalue weighted by Gasteiger charge is -2.27. The number of nitrogens with one attached hydrogen (secondary N) is 1. The Morgan fingerprint density at radius 1 is 1.41 bits per heavy atom. The van der Waals surface area contributed by atoms with Crippen LogP contribution in [0.3, 0.4) is 0 Å². The van der Waals surface area contributed by atoms with Crippen LogP contribution in [0.5, 0.6) is 0 Å². The van der Waals surface area contributed by atoms with Crippen molar-refractivity contribution in [2.75, 3.05) is 13.1 Å². The van der Waals surface area contributed by atoms with E-state index in [-0.39, 0.29) is 18.8 Å². The molecule has 0 aromatic heterocycles. The average Bonchev–Trinajstić information content (AvgIpc) is 2.68. The Bertz CT molecular complexity index is 428. The minimum Gasteiger partial charge on any atom is -0.396 e. The molecule has 0 saturated heterocycles. The zero-order valence-corrected chi connectivity index (χ0v) is 13.6. The minimum absolute atomic E-state index is 0.187. The molecule has 0 aliphatic heterocycles. The quantitative estimate of drug-likeness (QED) is 0.333. The SMILES string of the molecule is C/C(Cl)=C(N)\C=N/N(O)CC(=O)NCC1(O)CCCCCC1. The summed E-state index contributed by atoms with van der Waals surface area (Å²) in [6.45, 7) is 1.43. The van der Waals surface area contributed by atoms with Crippen molar-refractivity contribution in [2.24, 2.45) is 10.8 Å². The number of amides is 1. The second-order valence-corrected chi connectivity index (χ2v) is 6.25. The molecular weight excluding hydrogens is 308 g/mol. The van der Waals surface area contributed by atoms with Gasteiger partial charge in [-0.3, -0.25) is 10.0 Å². The second kappa shape index (κ2) is 8.97. The lowest BCUT2D eigenvalue weighted by Crippen LogP contribution is -2.45. The van der Waals surface area contributed by atoms with Crippen LogP contribution in [0.2, 0.25) is 0 Å². The van der Waals surface area contributed by atoms with Gasteiger partial charge in [0, 0.05) is 11.6 Å². The number of aliphatic hydroxyl groups is 1. The molecule has 1 rings (SSSR count). The first-order chi connectivity index (χ1) is 10.3. The van der Waals surface area contributed by atoms with E-state index >= 15 is 0 Å². The third-order valence-electron chi connectivity index (χ3n) is 3.66. The highest BCUT2D eigenvalue weighted by atomic mass is 35.5. The number of allylic oxidation sites excluding steroid dienone is 2. The third kappa shape index (κ3) is 7.11. The Morgan fingerprint density at radius 2 is 2.00 bits per heavy atom. The van der Waals surface area contributed by atoms with Crippen LogP contribution in [0.15, 0.2) is 15.8 Å². The average molecular weight is 333 g/mol. The Kier molecular flexibility index (Phi) is 7.64. The zero-order valence-electron chi connectivity index (χ0n) is 12.9. The maximum Gasteiger partial charge on any atom is 0.244 e. The van der Waals surface area contributed by atoms with Gasteiger partial charge in [-0.1, -0.05) is 37.3 Å². The number of hydrogen-bond donors (Lipinski definition) is 4. The molecular formula is C14H25ClN4O3. The molecule has 0 heterocycles. The Hall–Kier alpha value is -1.31. The number of rotatable bonds is 6. The van der Waals surface area contributed by atoms with Gasteiger partial charge in [0.25, 0.3) is 0 Å². The smallest absolute Gasteiger partial charge is 0.244 e. The molecule has 8 heteroatoms. The van der Waals surface area contributed by atoms with Gasteiger partial charge in [-0.15, -0.1) is 0 Å². The molecule has 0 radical (unpaired) electrons. The molecule has 7 nitrogen and oxygen atoms in total. The number of carbonyl (C=O) groups is 1. The topological polar surface area (TPSA) is 111 Å². The summed E-state index contributed by atoms with van der Waals surface area (Å²) in [5.74, 6) is -0.428. The van der Waals surface area contributed by atoms with Crippen molar-refractivity contribution < 1.29 is 15.1 Å². The van der Waals surface area contributed by atoms with Gasteiger partial charge in [0.1, 0.15) is 6.54 Å². The predicted octanol–water partition coefficient (Wildman–Crippen LogP) is 1.29. The van der Waals surface area contributed by atoms with Gasteiger partial charge in [-0.05, 0) is 19.8 Å². The van der Waals surface area contributed by atoms with Gasteiger partial charge in [-0.2, -0.15) is 10.3 Å². The van der Waals surface area contributed by atoms with Crippen LogP contribution in [0.25, 0.3) is 0 Å². The third-order valence-corrected chi connectivity index (χ3v) is 3.88. The number of hydroxylamine groups is 1. The molecule has 1 saturated carbocycles. The molecule has 0 aromatic rings. The first kappa shape index (κ1) is 18.7. The van der Waals surface area contributed by atoms with Crippen molar-refractivity contribution in [1.82, 2.24) is 10.5 Å². The summed E-state index contributed by atoms with van der Waals surface area (Å²) in [5, 5.41) is 26.9. The molecule has 126 valence electrons. The Labute approximate surface area is 135 Å². The molecule has 0 spiro atoms. The van der Waals surface area contributed by atoms with Gasteiger partial charge in [0.2, 0.25) is 5.91 Å². The highest BCUT2D eigenvalue weighted by molar-refractivity contribution is 6.30. The predicted molar refractivity (Wildman–Crippen MR) is 85.4 cm³/mol. The van der Waals surface area contributed by atoms with Crippen LogP contribution in [0.1, 0.15) is 45.4 Å². The highest BCUT2D eigenvalue weighted by Crippen LogP contribution is 2.26. The summed E-state index contributed by atoms with van der Waals surface area (Å²) in [4.78, 5) is 11.7. The summed E-state index contributed by atoms with van der Waals surface area (Å²) in [6.07, 6.45) is 6.69. The lowest BCUT2D eigenvalue weighted by atomic mass is 9.94. The monoisotopic (exact) mass is 332 g/mol. The molecule has 1 aliphatic carbocycles. The number of nitrogens with zero attached hydrogens (tertiary/aromatic N) is 2. The Morgan fingerprint density at radius 3 is 2.55 bits per heavy atom. The van der Waals surface area contributed by atoms with Crippen LogP contribution < -0.4 is 11.1 Å². The van der Waals surface area contributed by atoms with Crippen LogP contribution >= 0.6 is 11.6 Å². The van der Waals surface area contributed by atoms with E-state index in [2.05, 4.69) is 10.4 Å². The fourth-order valence-electron chi connectivity index (χ4n) is 2.27. The number of hydrogen-bond acceptors (Lipinski definition) is 6. The number of hydrazone groups is 1. The van der Waals surface area contributed by atoms with E-state index in [1.54, 1.807) is 6.92 Å². The van der Waals surface area contributed by atoms with Crippen LogP contribution in [-0.4, -0.2) is 46.3 Å². The summed E-state index contributed by atoms with van der Waals surface area (Å²) in [5.41, 5.74) is 4.86. The van der Waals surface area contributed by atoms with Gasteiger partial charge < -0.3 is 16.2 Å². The van der Waals surface area contributed by atoms with Crippen molar-refractivity contribution in [3.05, 3.63) is 10.7 Å². The summed E-state index contributed by atoms with van der Waals surface area (Å²) in [6, 6.07) is 0. The molecule has 5 N–H and O–H groups in total. The zero-order chi connectivity index (χ0) is 16.6. The first-order valence-electron chi connectivity index (χ1n) is 7.44. The van der Waals surface area contributed by atoms with Gasteiger partial charge in [-0.25, -0.2) is 0 Å². The number of halogens is 1. The fraction of sp³-hybridized carbons (Fsp3) is 0.714. The first-order valence-corrected chi connectivity index (χ1v) is 7.81. The van der Waals surface area contributed by atoms with E-state index in [0.29, 0.717) is 23.0 Å². The van der Waals surface area contributed by atoms with Crippen molar-refractivity contribution in [1.29, 1.82) is 0 Å². The standard InChI is InChI=1S/C14H25ClN4O3/c1-11(15)12(16)8-18-19(22)9-13(20)17-10-14(21)6-4-2-3-5-7-14/h8,21-22H,2-7,9-10,16H2,1H3,(H,17,20)/b12-11-,18-8-. The van der Waals surface area contributed by atoms with Crippen molar-refractivity contribution in [3.63, 3.8) is 0 Å². The fourth-order valence-corrected chi connectivity index (χ4v) is 2.32. The van der Waals surface area contributed by atoms with Gasteiger partial charge in [0.15, 0.2) is 0 Å². The molecule has 22 heavy (non-hydrogen) atoms. The van der Waals surface area contributed by atoms with Crippen molar-refractivity contribution >= 4 is 23.7 Å². The summed E-state index contributed by atoms with van der Waals surface area (Å²) in [7, 11) is 0. The van der Waals surface area contributed by atoms with Gasteiger partial charge in [0.05, 0.1) is 17.5 Å². The molecule has 0 unspecified atom stereocenters. The largest absolute Gasteiger partial charge is 0.396 e. The molecule has 0 bridgehead atoms. The molecule has 1 amide bonds. The van der Waals surface area contributed by atoms with Crippen molar-refractivity contribution in [3.8, 4) is 0 Å². The Balaban J connectivity index is 2.37. The summed E-state index contributed by atoms with van der Waals surface area (Å²) >= 11 is 5.64. The van der Waals surface area contributed by atoms with E-state index in [0.717, 1.165) is 31.9 Å². The second-order valence-electron chi connectivity index (χ2n) is 5.68. The maximum absolute atomic E-state index is 11.7. The van der Waals surface area contributed by atoms with E-state index in [9.17, 15) is 15.1 Å². The molecule has 0 atom stereocenters. The normalized spacial score (nSPS) is 19.5. The van der Waals surface area contributed by atoms with E-state index in [4.69, 9.17) is 17.3 Å². The van der Waals surface area contributed by atoms with E-state index in [1.807, 2.05) is 0 Å². The molecule has 1 aliphatic rings. The van der Waals surface area contributed by atoms with Crippen LogP contribution in [0, 0.1) is 0 Å². The van der Waals surface area contributed by atoms with Crippen LogP contribution in [0.4, 0.5) is 0 Å². The number of carbonyl (C=O) groups excluding carboxylic acids is 1. The summed E-state index contributed by atoms with van der Waals surface area (Å²) < 4.78 is 0. The van der Waals surface area contributed by atoms with Crippen molar-refractivity contribution in [2.45, 2.75) is 51.0 Å². The van der Waals surface area contributed by atoms with Crippen LogP contribution in [-0.2, 0) is 4.79 Å². The molecule has 1 fully saturated rings. The highest BCUT2D eigenvalue weighted by Gasteiger charge is 2.28. The minimum atomic E-state index is -0.849. The lowest BCUT2D eigenvalue weighted by molar-refractivity contribution is -0.138. The maximum atomic E-state index is 11.7. The van der Waals surface area contributed by atoms with E-state index < -0.39 is 11.5 Å².